The highest BCUT2D eigenvalue weighted by molar-refractivity contribution is 5.79. The van der Waals surface area contributed by atoms with Crippen LogP contribution in [0.3, 0.4) is 0 Å². The molecule has 1 aromatic carbocycles. The van der Waals surface area contributed by atoms with Crippen LogP contribution >= 0.6 is 0 Å². The van der Waals surface area contributed by atoms with Crippen LogP contribution in [-0.2, 0) is 13.0 Å². The second kappa shape index (κ2) is 8.36. The third-order valence-electron chi connectivity index (χ3n) is 3.76. The summed E-state index contributed by atoms with van der Waals surface area (Å²) in [5.41, 5.74) is 3.39. The van der Waals surface area contributed by atoms with Gasteiger partial charge in [0.05, 0.1) is 5.69 Å². The van der Waals surface area contributed by atoms with Crippen molar-refractivity contribution >= 4 is 5.96 Å². The van der Waals surface area contributed by atoms with E-state index in [1.807, 2.05) is 19.9 Å². The van der Waals surface area contributed by atoms with E-state index in [1.54, 1.807) is 0 Å². The molecule has 124 valence electrons. The molecule has 23 heavy (non-hydrogen) atoms. The second-order valence-electron chi connectivity index (χ2n) is 5.63. The van der Waals surface area contributed by atoms with Crippen LogP contribution in [0.15, 0.2) is 39.8 Å². The molecule has 0 spiro atoms. The molecule has 0 unspecified atom stereocenters. The van der Waals surface area contributed by atoms with Crippen molar-refractivity contribution in [1.29, 1.82) is 0 Å². The molecule has 0 amide bonds. The lowest BCUT2D eigenvalue weighted by Crippen LogP contribution is -2.38. The lowest BCUT2D eigenvalue weighted by atomic mass is 10.1. The number of hydrogen-bond acceptors (Lipinski definition) is 3. The van der Waals surface area contributed by atoms with Crippen LogP contribution in [-0.4, -0.2) is 36.2 Å². The molecule has 1 N–H and O–H groups in total. The van der Waals surface area contributed by atoms with Crippen molar-refractivity contribution in [3.05, 3.63) is 52.9 Å². The standard InChI is InChI=1S/C18H26N4O/c1-5-19-18(22(4)13-16-9-7-6-8-10-16)20-12-11-17-14(2)21-23-15(17)3/h6-10H,5,11-13H2,1-4H3,(H,19,20). The highest BCUT2D eigenvalue weighted by Crippen LogP contribution is 2.12. The Morgan fingerprint density at radius 2 is 2.00 bits per heavy atom. The normalized spacial score (nSPS) is 11.6. The smallest absolute Gasteiger partial charge is 0.193 e. The maximum atomic E-state index is 5.20. The number of rotatable bonds is 6. The molecule has 0 aliphatic heterocycles. The van der Waals surface area contributed by atoms with Crippen molar-refractivity contribution in [2.45, 2.75) is 33.7 Å². The van der Waals surface area contributed by atoms with Crippen LogP contribution in [0.25, 0.3) is 0 Å². The zero-order valence-electron chi connectivity index (χ0n) is 14.5. The maximum Gasteiger partial charge on any atom is 0.193 e. The highest BCUT2D eigenvalue weighted by Gasteiger charge is 2.09. The molecule has 0 saturated carbocycles. The topological polar surface area (TPSA) is 53.7 Å². The first-order chi connectivity index (χ1) is 11.1. The van der Waals surface area contributed by atoms with Crippen LogP contribution in [0, 0.1) is 13.8 Å². The van der Waals surface area contributed by atoms with Gasteiger partial charge >= 0.3 is 0 Å². The van der Waals surface area contributed by atoms with Crippen molar-refractivity contribution in [2.24, 2.45) is 4.99 Å². The highest BCUT2D eigenvalue weighted by atomic mass is 16.5. The van der Waals surface area contributed by atoms with Gasteiger partial charge in [0.15, 0.2) is 5.96 Å². The molecule has 0 atom stereocenters. The second-order valence-corrected chi connectivity index (χ2v) is 5.63. The van der Waals surface area contributed by atoms with E-state index in [9.17, 15) is 0 Å². The number of hydrogen-bond donors (Lipinski definition) is 1. The number of nitrogens with one attached hydrogen (secondary N) is 1. The minimum absolute atomic E-state index is 0.713. The van der Waals surface area contributed by atoms with Crippen LogP contribution in [0.1, 0.15) is 29.5 Å². The molecule has 0 saturated heterocycles. The summed E-state index contributed by atoms with van der Waals surface area (Å²) in [5, 5.41) is 7.34. The Bertz CT molecular complexity index is 614. The lowest BCUT2D eigenvalue weighted by molar-refractivity contribution is 0.392. The van der Waals surface area contributed by atoms with E-state index >= 15 is 0 Å². The first-order valence-electron chi connectivity index (χ1n) is 8.07. The number of aliphatic imine (C=N–C) groups is 1. The monoisotopic (exact) mass is 314 g/mol. The fraction of sp³-hybridized carbons (Fsp3) is 0.444. The molecule has 5 heteroatoms. The minimum Gasteiger partial charge on any atom is -0.361 e. The molecule has 2 aromatic rings. The molecule has 0 fully saturated rings. The van der Waals surface area contributed by atoms with Crippen LogP contribution < -0.4 is 5.32 Å². The van der Waals surface area contributed by atoms with E-state index in [0.29, 0.717) is 6.54 Å². The average molecular weight is 314 g/mol. The largest absolute Gasteiger partial charge is 0.361 e. The summed E-state index contributed by atoms with van der Waals surface area (Å²) in [6, 6.07) is 10.4. The van der Waals surface area contributed by atoms with E-state index in [0.717, 1.165) is 42.5 Å². The first kappa shape index (κ1) is 17.1. The fourth-order valence-corrected chi connectivity index (χ4v) is 2.53. The van der Waals surface area contributed by atoms with Gasteiger partial charge in [0.1, 0.15) is 5.76 Å². The summed E-state index contributed by atoms with van der Waals surface area (Å²) >= 11 is 0. The molecular formula is C18H26N4O. The summed E-state index contributed by atoms with van der Waals surface area (Å²) < 4.78 is 5.20. The van der Waals surface area contributed by atoms with Crippen LogP contribution in [0.2, 0.25) is 0 Å². The van der Waals surface area contributed by atoms with E-state index in [-0.39, 0.29) is 0 Å². The average Bonchev–Trinajstić information content (AvgIpc) is 2.86. The van der Waals surface area contributed by atoms with Gasteiger partial charge < -0.3 is 14.7 Å². The zero-order valence-corrected chi connectivity index (χ0v) is 14.5. The number of benzene rings is 1. The zero-order chi connectivity index (χ0) is 16.7. The van der Waals surface area contributed by atoms with Crippen molar-refractivity contribution in [2.75, 3.05) is 20.1 Å². The van der Waals surface area contributed by atoms with Crippen LogP contribution in [0.4, 0.5) is 0 Å². The molecule has 1 aromatic heterocycles. The van der Waals surface area contributed by atoms with Gasteiger partial charge in [-0.2, -0.15) is 0 Å². The van der Waals surface area contributed by atoms with E-state index < -0.39 is 0 Å². The SMILES string of the molecule is CCNC(=NCCc1c(C)noc1C)N(C)Cc1ccccc1. The number of guanidine groups is 1. The van der Waals surface area contributed by atoms with Crippen molar-refractivity contribution < 1.29 is 4.52 Å². The van der Waals surface area contributed by atoms with Gasteiger partial charge in [-0.25, -0.2) is 0 Å². The third-order valence-corrected chi connectivity index (χ3v) is 3.76. The molecule has 0 aliphatic rings. The van der Waals surface area contributed by atoms with Crippen molar-refractivity contribution in [3.8, 4) is 0 Å². The van der Waals surface area contributed by atoms with Gasteiger partial charge in [-0.3, -0.25) is 4.99 Å². The third kappa shape index (κ3) is 4.84. The molecule has 5 nitrogen and oxygen atoms in total. The predicted molar refractivity (Wildman–Crippen MR) is 93.6 cm³/mol. The summed E-state index contributed by atoms with van der Waals surface area (Å²) in [5.74, 6) is 1.81. The predicted octanol–water partition coefficient (Wildman–Crippen LogP) is 2.93. The first-order valence-corrected chi connectivity index (χ1v) is 8.07. The van der Waals surface area contributed by atoms with Gasteiger partial charge in [0, 0.05) is 32.2 Å². The van der Waals surface area contributed by atoms with E-state index in [1.165, 1.54) is 5.56 Å². The van der Waals surface area contributed by atoms with Gasteiger partial charge in [-0.1, -0.05) is 35.5 Å². The quantitative estimate of drug-likeness (QED) is 0.658. The summed E-state index contributed by atoms with van der Waals surface area (Å²) in [6.07, 6.45) is 0.842. The molecule has 0 aliphatic carbocycles. The lowest BCUT2D eigenvalue weighted by Gasteiger charge is -2.22. The fourth-order valence-electron chi connectivity index (χ4n) is 2.53. The van der Waals surface area contributed by atoms with Gasteiger partial charge in [-0.15, -0.1) is 0 Å². The molecule has 2 rings (SSSR count). The van der Waals surface area contributed by atoms with Gasteiger partial charge in [-0.05, 0) is 32.8 Å². The Labute approximate surface area is 138 Å². The van der Waals surface area contributed by atoms with E-state index in [2.05, 4.69) is 53.6 Å². The van der Waals surface area contributed by atoms with Gasteiger partial charge in [0.2, 0.25) is 0 Å². The van der Waals surface area contributed by atoms with Crippen molar-refractivity contribution in [3.63, 3.8) is 0 Å². The molecule has 0 bridgehead atoms. The number of nitrogens with zero attached hydrogens (tertiary/aromatic N) is 3. The molecule has 0 radical (unpaired) electrons. The summed E-state index contributed by atoms with van der Waals surface area (Å²) in [4.78, 5) is 6.87. The summed E-state index contributed by atoms with van der Waals surface area (Å²) in [6.45, 7) is 8.40. The Kier molecular flexibility index (Phi) is 6.20. The van der Waals surface area contributed by atoms with Gasteiger partial charge in [0.25, 0.3) is 0 Å². The number of aromatic nitrogens is 1. The summed E-state index contributed by atoms with van der Waals surface area (Å²) in [7, 11) is 2.06. The Hall–Kier alpha value is -2.30. The number of aryl methyl sites for hydroxylation is 2. The molecule has 1 heterocycles. The van der Waals surface area contributed by atoms with E-state index in [4.69, 9.17) is 9.52 Å². The Balaban J connectivity index is 1.99. The Morgan fingerprint density at radius 3 is 2.61 bits per heavy atom. The van der Waals surface area contributed by atoms with Crippen molar-refractivity contribution in [1.82, 2.24) is 15.4 Å². The maximum absolute atomic E-state index is 5.20. The van der Waals surface area contributed by atoms with Crippen LogP contribution in [0.5, 0.6) is 0 Å². The molecular weight excluding hydrogens is 288 g/mol. The minimum atomic E-state index is 0.713. The Morgan fingerprint density at radius 1 is 1.26 bits per heavy atom.